The second-order valence-electron chi connectivity index (χ2n) is 6.12. The molecule has 0 fully saturated rings. The molecule has 1 aliphatic carbocycles. The average Bonchev–Trinajstić information content (AvgIpc) is 3.07. The van der Waals surface area contributed by atoms with Crippen molar-refractivity contribution in [2.45, 2.75) is 31.9 Å². The van der Waals surface area contributed by atoms with Crippen molar-refractivity contribution in [3.8, 4) is 12.3 Å². The van der Waals surface area contributed by atoms with Gasteiger partial charge in [0.1, 0.15) is 17.3 Å². The van der Waals surface area contributed by atoms with E-state index in [0.717, 1.165) is 29.5 Å². The Morgan fingerprint density at radius 3 is 3.17 bits per heavy atom. The fourth-order valence-electron chi connectivity index (χ4n) is 3.11. The minimum Gasteiger partial charge on any atom is -0.389 e. The number of ether oxygens (including phenoxy) is 1. The number of H-pyrrole nitrogens is 1. The summed E-state index contributed by atoms with van der Waals surface area (Å²) < 4.78 is 5.12. The molecule has 6 nitrogen and oxygen atoms in total. The van der Waals surface area contributed by atoms with Crippen LogP contribution in [0.1, 0.15) is 22.7 Å². The zero-order valence-electron chi connectivity index (χ0n) is 13.7. The van der Waals surface area contributed by atoms with Gasteiger partial charge >= 0.3 is 0 Å². The van der Waals surface area contributed by atoms with Gasteiger partial charge in [-0.15, -0.1) is 17.8 Å². The van der Waals surface area contributed by atoms with Crippen molar-refractivity contribution >= 4 is 21.6 Å². The van der Waals surface area contributed by atoms with Gasteiger partial charge in [-0.1, -0.05) is 5.92 Å². The fourth-order valence-corrected chi connectivity index (χ4v) is 4.39. The Morgan fingerprint density at radius 2 is 2.38 bits per heavy atom. The first-order valence-corrected chi connectivity index (χ1v) is 8.81. The van der Waals surface area contributed by atoms with Crippen LogP contribution in [0.2, 0.25) is 0 Å². The first-order valence-electron chi connectivity index (χ1n) is 7.99. The van der Waals surface area contributed by atoms with Crippen LogP contribution in [0.3, 0.4) is 0 Å². The molecule has 2 N–H and O–H groups in total. The number of aromatic nitrogens is 2. The van der Waals surface area contributed by atoms with Crippen LogP contribution in [0.4, 0.5) is 0 Å². The van der Waals surface area contributed by atoms with E-state index in [4.69, 9.17) is 11.2 Å². The van der Waals surface area contributed by atoms with Crippen molar-refractivity contribution in [2.75, 3.05) is 26.8 Å². The highest BCUT2D eigenvalue weighted by Crippen LogP contribution is 2.34. The van der Waals surface area contributed by atoms with E-state index in [1.54, 1.807) is 11.3 Å². The molecule has 1 aliphatic rings. The largest absolute Gasteiger partial charge is 0.389 e. The van der Waals surface area contributed by atoms with Gasteiger partial charge in [0.25, 0.3) is 5.56 Å². The number of aliphatic hydroxyl groups excluding tert-OH is 1. The third-order valence-corrected chi connectivity index (χ3v) is 5.25. The summed E-state index contributed by atoms with van der Waals surface area (Å²) in [6, 6.07) is 0. The average molecular weight is 347 g/mol. The monoisotopic (exact) mass is 347 g/mol. The fraction of sp³-hybridized carbons (Fsp3) is 0.529. The van der Waals surface area contributed by atoms with E-state index >= 15 is 0 Å². The van der Waals surface area contributed by atoms with Crippen molar-refractivity contribution in [3.63, 3.8) is 0 Å². The predicted octanol–water partition coefficient (Wildman–Crippen LogP) is 0.916. The number of aliphatic hydroxyl groups is 1. The first-order chi connectivity index (χ1) is 11.6. The Labute approximate surface area is 144 Å². The summed E-state index contributed by atoms with van der Waals surface area (Å²) in [6.07, 6.45) is 7.61. The van der Waals surface area contributed by atoms with E-state index < -0.39 is 6.10 Å². The molecule has 0 bridgehead atoms. The molecule has 0 aromatic carbocycles. The summed E-state index contributed by atoms with van der Waals surface area (Å²) >= 11 is 1.63. The summed E-state index contributed by atoms with van der Waals surface area (Å²) in [6.45, 7) is 1.25. The predicted molar refractivity (Wildman–Crippen MR) is 94.3 cm³/mol. The molecule has 0 amide bonds. The number of terminal acetylenes is 1. The summed E-state index contributed by atoms with van der Waals surface area (Å²) in [5.74, 6) is 2.98. The van der Waals surface area contributed by atoms with Crippen molar-refractivity contribution in [1.29, 1.82) is 0 Å². The summed E-state index contributed by atoms with van der Waals surface area (Å²) in [5, 5.41) is 10.7. The van der Waals surface area contributed by atoms with Crippen LogP contribution in [0.5, 0.6) is 0 Å². The van der Waals surface area contributed by atoms with Crippen LogP contribution in [-0.4, -0.2) is 52.9 Å². The molecule has 7 heteroatoms. The highest BCUT2D eigenvalue weighted by molar-refractivity contribution is 7.18. The van der Waals surface area contributed by atoms with Crippen LogP contribution in [0.25, 0.3) is 10.2 Å². The number of thiophene rings is 1. The zero-order chi connectivity index (χ0) is 17.1. The summed E-state index contributed by atoms with van der Waals surface area (Å²) in [5.41, 5.74) is 1.13. The molecule has 24 heavy (non-hydrogen) atoms. The number of aryl methyl sites for hydroxylation is 2. The van der Waals surface area contributed by atoms with Gasteiger partial charge < -0.3 is 14.8 Å². The molecule has 2 aromatic rings. The molecule has 1 atom stereocenters. The van der Waals surface area contributed by atoms with Crippen LogP contribution in [-0.2, 0) is 24.1 Å². The van der Waals surface area contributed by atoms with Crippen molar-refractivity contribution in [2.24, 2.45) is 0 Å². The molecule has 2 aromatic heterocycles. The number of hydrogen-bond acceptors (Lipinski definition) is 6. The third-order valence-electron chi connectivity index (χ3n) is 4.06. The lowest BCUT2D eigenvalue weighted by Crippen LogP contribution is -2.33. The van der Waals surface area contributed by atoms with Crippen LogP contribution in [0.15, 0.2) is 4.79 Å². The van der Waals surface area contributed by atoms with Gasteiger partial charge in [-0.3, -0.25) is 9.69 Å². The minimum absolute atomic E-state index is 0.0549. The molecule has 3 rings (SSSR count). The quantitative estimate of drug-likeness (QED) is 0.575. The van der Waals surface area contributed by atoms with E-state index in [2.05, 4.69) is 15.9 Å². The smallest absolute Gasteiger partial charge is 0.259 e. The van der Waals surface area contributed by atoms with Crippen molar-refractivity contribution in [3.05, 3.63) is 26.6 Å². The van der Waals surface area contributed by atoms with Crippen LogP contribution in [0, 0.1) is 12.3 Å². The molecular formula is C17H21N3O3S. The second kappa shape index (κ2) is 7.45. The standard InChI is InChI=1S/C17H21N3O3S/c1-3-7-23-10-11(21)8-20(2)9-14-18-16(22)15-12-5-4-6-13(12)24-17(15)19-14/h1,11,21H,4-10H2,2H3,(H,18,19,22). The third kappa shape index (κ3) is 3.68. The molecule has 128 valence electrons. The van der Waals surface area contributed by atoms with Gasteiger partial charge in [-0.05, 0) is 31.9 Å². The van der Waals surface area contributed by atoms with E-state index in [-0.39, 0.29) is 18.8 Å². The van der Waals surface area contributed by atoms with Gasteiger partial charge in [-0.2, -0.15) is 0 Å². The highest BCUT2D eigenvalue weighted by atomic mass is 32.1. The number of hydrogen-bond donors (Lipinski definition) is 2. The lowest BCUT2D eigenvalue weighted by Gasteiger charge is -2.19. The van der Waals surface area contributed by atoms with Crippen molar-refractivity contribution < 1.29 is 9.84 Å². The zero-order valence-corrected chi connectivity index (χ0v) is 14.5. The molecule has 2 heterocycles. The van der Waals surface area contributed by atoms with E-state index in [9.17, 15) is 9.90 Å². The van der Waals surface area contributed by atoms with Crippen molar-refractivity contribution in [1.82, 2.24) is 14.9 Å². The number of likely N-dealkylation sites (N-methyl/N-ethyl adjacent to an activating group) is 1. The van der Waals surface area contributed by atoms with Gasteiger partial charge in [0.2, 0.25) is 0 Å². The maximum absolute atomic E-state index is 12.4. The Bertz CT molecular complexity index is 821. The number of rotatable bonds is 7. The Kier molecular flexibility index (Phi) is 5.31. The number of fused-ring (bicyclic) bond motifs is 3. The van der Waals surface area contributed by atoms with Crippen LogP contribution < -0.4 is 5.56 Å². The second-order valence-corrected chi connectivity index (χ2v) is 7.20. The number of nitrogens with zero attached hydrogens (tertiary/aromatic N) is 2. The molecule has 0 saturated heterocycles. The maximum Gasteiger partial charge on any atom is 0.259 e. The van der Waals surface area contributed by atoms with Gasteiger partial charge in [0, 0.05) is 11.4 Å². The lowest BCUT2D eigenvalue weighted by atomic mass is 10.2. The van der Waals surface area contributed by atoms with E-state index in [0.29, 0.717) is 18.9 Å². The lowest BCUT2D eigenvalue weighted by molar-refractivity contribution is 0.0310. The molecular weight excluding hydrogens is 326 g/mol. The minimum atomic E-state index is -0.635. The SMILES string of the molecule is C#CCOCC(O)CN(C)Cc1nc2sc3c(c2c(=O)[nH]1)CCC3. The number of aromatic amines is 1. The summed E-state index contributed by atoms with van der Waals surface area (Å²) in [4.78, 5) is 23.9. The van der Waals surface area contributed by atoms with Gasteiger partial charge in [-0.25, -0.2) is 4.98 Å². The molecule has 0 spiro atoms. The molecule has 1 unspecified atom stereocenters. The molecule has 0 aliphatic heterocycles. The van der Waals surface area contributed by atoms with Gasteiger partial charge in [0.05, 0.1) is 24.6 Å². The van der Waals surface area contributed by atoms with E-state index in [1.807, 2.05) is 11.9 Å². The molecule has 0 saturated carbocycles. The Morgan fingerprint density at radius 1 is 1.54 bits per heavy atom. The molecule has 0 radical (unpaired) electrons. The number of nitrogens with one attached hydrogen (secondary N) is 1. The topological polar surface area (TPSA) is 78.5 Å². The van der Waals surface area contributed by atoms with Gasteiger partial charge in [0.15, 0.2) is 0 Å². The first kappa shape index (κ1) is 17.1. The maximum atomic E-state index is 12.4. The Hall–Kier alpha value is -1.72. The highest BCUT2D eigenvalue weighted by Gasteiger charge is 2.21. The van der Waals surface area contributed by atoms with Crippen LogP contribution >= 0.6 is 11.3 Å². The normalized spacial score (nSPS) is 14.9. The van der Waals surface area contributed by atoms with E-state index in [1.165, 1.54) is 10.4 Å². The Balaban J connectivity index is 1.67. The summed E-state index contributed by atoms with van der Waals surface area (Å²) in [7, 11) is 1.86.